The van der Waals surface area contributed by atoms with Gasteiger partial charge in [0.05, 0.1) is 6.61 Å². The average molecular weight is 533 g/mol. The van der Waals surface area contributed by atoms with Gasteiger partial charge in [-0.15, -0.1) is 4.91 Å². The van der Waals surface area contributed by atoms with Gasteiger partial charge >= 0.3 is 0 Å². The summed E-state index contributed by atoms with van der Waals surface area (Å²) in [6.45, 7) is 1.99. The van der Waals surface area contributed by atoms with E-state index in [1.165, 1.54) is 67.6 Å². The Balaban J connectivity index is 1.38. The van der Waals surface area contributed by atoms with Gasteiger partial charge in [0.15, 0.2) is 16.9 Å². The number of carbonyl (C=O) groups is 1. The minimum absolute atomic E-state index is 0.0176. The van der Waals surface area contributed by atoms with Crippen LogP contribution in [-0.2, 0) is 4.79 Å². The quantitative estimate of drug-likeness (QED) is 0.0892. The molecule has 0 fully saturated rings. The molecular formula is C28H24N2O9. The van der Waals surface area contributed by atoms with E-state index in [4.69, 9.17) is 9.15 Å². The van der Waals surface area contributed by atoms with Crippen molar-refractivity contribution in [2.75, 3.05) is 13.2 Å². The van der Waals surface area contributed by atoms with Crippen LogP contribution in [0.4, 0.5) is 5.69 Å². The van der Waals surface area contributed by atoms with Crippen LogP contribution >= 0.6 is 0 Å². The number of phenols is 4. The van der Waals surface area contributed by atoms with Crippen LogP contribution in [0.1, 0.15) is 17.5 Å². The van der Waals surface area contributed by atoms with Gasteiger partial charge in [-0.2, -0.15) is 0 Å². The lowest BCUT2D eigenvalue weighted by Gasteiger charge is -2.11. The zero-order valence-electron chi connectivity index (χ0n) is 20.7. The molecule has 1 heterocycles. The summed E-state index contributed by atoms with van der Waals surface area (Å²) in [7, 11) is 0. The van der Waals surface area contributed by atoms with Gasteiger partial charge in [-0.25, -0.2) is 0 Å². The van der Waals surface area contributed by atoms with E-state index in [9.17, 15) is 34.9 Å². The number of nitrogens with one attached hydrogen (secondary N) is 1. The first kappa shape index (κ1) is 26.7. The minimum Gasteiger partial charge on any atom is -0.507 e. The zero-order valence-corrected chi connectivity index (χ0v) is 20.7. The fraction of sp³-hybridized carbons (Fsp3) is 0.143. The summed E-state index contributed by atoms with van der Waals surface area (Å²) in [6.07, 6.45) is 3.18. The number of hydrogen-bond donors (Lipinski definition) is 5. The van der Waals surface area contributed by atoms with Crippen molar-refractivity contribution in [3.63, 3.8) is 0 Å². The van der Waals surface area contributed by atoms with Crippen LogP contribution in [0.5, 0.6) is 28.7 Å². The predicted molar refractivity (Wildman–Crippen MR) is 143 cm³/mol. The Labute approximate surface area is 221 Å². The lowest BCUT2D eigenvalue weighted by Crippen LogP contribution is -2.23. The molecule has 200 valence electrons. The number of nitroso groups, excluding NO2 is 1. The Kier molecular flexibility index (Phi) is 7.80. The highest BCUT2D eigenvalue weighted by Crippen LogP contribution is 2.35. The van der Waals surface area contributed by atoms with Crippen molar-refractivity contribution in [2.24, 2.45) is 5.18 Å². The average Bonchev–Trinajstić information content (AvgIpc) is 2.90. The smallest absolute Gasteiger partial charge is 0.244 e. The fourth-order valence-corrected chi connectivity index (χ4v) is 3.81. The van der Waals surface area contributed by atoms with E-state index >= 15 is 0 Å². The Morgan fingerprint density at radius 3 is 2.51 bits per heavy atom. The standard InChI is InChI=1S/C28H24N2O9/c1-15-27(36)26-23(34)13-18(14-24(26)39-28(15)17-5-7-20(31)22(33)12-17)38-10-2-9-29-25(35)8-4-16-3-6-19(30-37)21(32)11-16/h3-8,11-14,31-34H,2,9-10H2,1H3,(H,29,35)/b8-4+. The van der Waals surface area contributed by atoms with Gasteiger partial charge in [0.2, 0.25) is 5.91 Å². The highest BCUT2D eigenvalue weighted by Gasteiger charge is 2.18. The SMILES string of the molecule is Cc1c(-c2ccc(O)c(O)c2)oc2cc(OCCCNC(=O)/C=C/c3ccc(N=O)c(O)c3)cc(O)c2c1=O. The van der Waals surface area contributed by atoms with E-state index in [-0.39, 0.29) is 75.8 Å². The third-order valence-corrected chi connectivity index (χ3v) is 5.83. The minimum atomic E-state index is -0.454. The summed E-state index contributed by atoms with van der Waals surface area (Å²) < 4.78 is 11.5. The van der Waals surface area contributed by atoms with Crippen molar-refractivity contribution in [3.8, 4) is 40.1 Å². The van der Waals surface area contributed by atoms with Crippen molar-refractivity contribution in [2.45, 2.75) is 13.3 Å². The second kappa shape index (κ2) is 11.4. The van der Waals surface area contributed by atoms with Crippen LogP contribution < -0.4 is 15.5 Å². The van der Waals surface area contributed by atoms with E-state index < -0.39 is 5.43 Å². The first-order valence-corrected chi connectivity index (χ1v) is 11.8. The second-order valence-corrected chi connectivity index (χ2v) is 8.57. The largest absolute Gasteiger partial charge is 0.507 e. The number of phenolic OH excluding ortho intramolecular Hbond substituents is 4. The molecule has 0 radical (unpaired) electrons. The van der Waals surface area contributed by atoms with Gasteiger partial charge in [-0.05, 0) is 60.5 Å². The van der Waals surface area contributed by atoms with Crippen LogP contribution in [0.2, 0.25) is 0 Å². The number of fused-ring (bicyclic) bond motifs is 1. The fourth-order valence-electron chi connectivity index (χ4n) is 3.81. The summed E-state index contributed by atoms with van der Waals surface area (Å²) in [5.74, 6) is -1.26. The van der Waals surface area contributed by atoms with Crippen LogP contribution in [0.25, 0.3) is 28.4 Å². The number of hydrogen-bond acceptors (Lipinski definition) is 10. The maximum Gasteiger partial charge on any atom is 0.244 e. The molecule has 11 heteroatoms. The molecule has 0 aliphatic carbocycles. The third-order valence-electron chi connectivity index (χ3n) is 5.83. The topological polar surface area (TPSA) is 179 Å². The number of benzene rings is 3. The zero-order chi connectivity index (χ0) is 28.1. The van der Waals surface area contributed by atoms with Crippen molar-refractivity contribution >= 4 is 28.6 Å². The second-order valence-electron chi connectivity index (χ2n) is 8.57. The molecule has 0 saturated carbocycles. The van der Waals surface area contributed by atoms with E-state index in [1.807, 2.05) is 0 Å². The van der Waals surface area contributed by atoms with Crippen molar-refractivity contribution in [3.05, 3.63) is 80.9 Å². The van der Waals surface area contributed by atoms with E-state index in [2.05, 4.69) is 10.5 Å². The van der Waals surface area contributed by atoms with Gasteiger partial charge in [-0.1, -0.05) is 6.07 Å². The summed E-state index contributed by atoms with van der Waals surface area (Å²) in [5.41, 5.74) is 0.625. The summed E-state index contributed by atoms with van der Waals surface area (Å²) in [6, 6.07) is 11.0. The molecule has 4 rings (SSSR count). The molecule has 0 atom stereocenters. The highest BCUT2D eigenvalue weighted by atomic mass is 16.5. The Hall–Kier alpha value is -5.32. The van der Waals surface area contributed by atoms with Gasteiger partial charge in [-0.3, -0.25) is 9.59 Å². The summed E-state index contributed by atoms with van der Waals surface area (Å²) in [4.78, 5) is 35.4. The van der Waals surface area contributed by atoms with Crippen molar-refractivity contribution in [1.29, 1.82) is 0 Å². The highest BCUT2D eigenvalue weighted by molar-refractivity contribution is 5.91. The van der Waals surface area contributed by atoms with E-state index in [0.29, 0.717) is 17.5 Å². The van der Waals surface area contributed by atoms with Gasteiger partial charge < -0.3 is 34.9 Å². The van der Waals surface area contributed by atoms with E-state index in [1.54, 1.807) is 0 Å². The molecule has 11 nitrogen and oxygen atoms in total. The molecule has 1 aromatic heterocycles. The Bertz CT molecular complexity index is 1660. The number of nitrogens with zero attached hydrogens (tertiary/aromatic N) is 1. The third kappa shape index (κ3) is 5.99. The number of aromatic hydroxyl groups is 4. The van der Waals surface area contributed by atoms with Crippen LogP contribution in [0.15, 0.2) is 69.0 Å². The molecule has 0 saturated heterocycles. The maximum absolute atomic E-state index is 12.9. The number of amides is 1. The number of carbonyl (C=O) groups excluding carboxylic acids is 1. The first-order chi connectivity index (χ1) is 18.7. The van der Waals surface area contributed by atoms with Gasteiger partial charge in [0.25, 0.3) is 0 Å². The molecule has 4 aromatic rings. The molecule has 0 unspecified atom stereocenters. The molecule has 0 aliphatic heterocycles. The first-order valence-electron chi connectivity index (χ1n) is 11.8. The summed E-state index contributed by atoms with van der Waals surface area (Å²) in [5, 5.41) is 44.8. The molecule has 3 aromatic carbocycles. The Morgan fingerprint density at radius 2 is 1.79 bits per heavy atom. The van der Waals surface area contributed by atoms with Crippen LogP contribution in [0.3, 0.4) is 0 Å². The van der Waals surface area contributed by atoms with Gasteiger partial charge in [0, 0.05) is 35.9 Å². The van der Waals surface area contributed by atoms with Crippen molar-refractivity contribution < 1.29 is 34.4 Å². The summed E-state index contributed by atoms with van der Waals surface area (Å²) >= 11 is 0. The molecular weight excluding hydrogens is 508 g/mol. The monoisotopic (exact) mass is 532 g/mol. The van der Waals surface area contributed by atoms with Crippen molar-refractivity contribution in [1.82, 2.24) is 5.32 Å². The Morgan fingerprint density at radius 1 is 1.00 bits per heavy atom. The maximum atomic E-state index is 12.9. The molecule has 39 heavy (non-hydrogen) atoms. The van der Waals surface area contributed by atoms with Crippen LogP contribution in [-0.4, -0.2) is 39.5 Å². The van der Waals surface area contributed by atoms with E-state index in [0.717, 1.165) is 0 Å². The lowest BCUT2D eigenvalue weighted by molar-refractivity contribution is -0.116. The molecule has 1 amide bonds. The predicted octanol–water partition coefficient (Wildman–Crippen LogP) is 4.59. The molecule has 0 aliphatic rings. The van der Waals surface area contributed by atoms with Gasteiger partial charge in [0.1, 0.15) is 39.7 Å². The normalized spacial score (nSPS) is 11.1. The van der Waals surface area contributed by atoms with Crippen LogP contribution in [0, 0.1) is 11.8 Å². The number of ether oxygens (including phenoxy) is 1. The molecule has 5 N–H and O–H groups in total. The molecule has 0 spiro atoms. The number of rotatable bonds is 9. The molecule has 0 bridgehead atoms. The lowest BCUT2D eigenvalue weighted by atomic mass is 10.0.